The van der Waals surface area contributed by atoms with Crippen molar-refractivity contribution in [1.82, 2.24) is 10.7 Å². The standard InChI is InChI=1S/C33H36N4O7/c1-3-42-25-17-15-23(16-18-25)33(41)44-28-19-14-22(20-29(28)43-4-2)21-34-37-32(40)31(39)36-27-13-9-8-12-26(27)30(38)35-24-10-6-5-7-11-24/h8-9,12-21,24H,3-7,10-11H2,1-2H3,(H,35,38)(H,36,39)(H,37,40). The molecule has 3 aromatic carbocycles. The van der Waals surface area contributed by atoms with E-state index in [0.717, 1.165) is 32.1 Å². The molecule has 4 rings (SSSR count). The zero-order valence-electron chi connectivity index (χ0n) is 24.8. The number of ether oxygens (including phenoxy) is 3. The lowest BCUT2D eigenvalue weighted by Crippen LogP contribution is -2.37. The van der Waals surface area contributed by atoms with Gasteiger partial charge >= 0.3 is 17.8 Å². The minimum atomic E-state index is -1.02. The van der Waals surface area contributed by atoms with Gasteiger partial charge in [0, 0.05) is 6.04 Å². The number of benzene rings is 3. The largest absolute Gasteiger partial charge is 0.494 e. The molecular weight excluding hydrogens is 564 g/mol. The third kappa shape index (κ3) is 8.90. The van der Waals surface area contributed by atoms with Gasteiger partial charge in [0.05, 0.1) is 36.2 Å². The molecular formula is C33H36N4O7. The number of esters is 1. The van der Waals surface area contributed by atoms with E-state index in [1.807, 2.05) is 6.92 Å². The van der Waals surface area contributed by atoms with Crippen LogP contribution in [0.3, 0.4) is 0 Å². The van der Waals surface area contributed by atoms with E-state index in [2.05, 4.69) is 21.2 Å². The SMILES string of the molecule is CCOc1ccc(C(=O)Oc2ccc(C=NNC(=O)C(=O)Nc3ccccc3C(=O)NC3CCCCC3)cc2OCC)cc1. The highest BCUT2D eigenvalue weighted by atomic mass is 16.6. The topological polar surface area (TPSA) is 144 Å². The maximum atomic E-state index is 12.8. The van der Waals surface area contributed by atoms with Crippen LogP contribution in [0, 0.1) is 0 Å². The highest BCUT2D eigenvalue weighted by molar-refractivity contribution is 6.40. The Morgan fingerprint density at radius 1 is 0.841 bits per heavy atom. The van der Waals surface area contributed by atoms with Crippen molar-refractivity contribution in [3.05, 3.63) is 83.4 Å². The van der Waals surface area contributed by atoms with Gasteiger partial charge in [-0.2, -0.15) is 5.10 Å². The fourth-order valence-corrected chi connectivity index (χ4v) is 4.67. The Bertz CT molecular complexity index is 1500. The number of hydrazone groups is 1. The number of amides is 3. The van der Waals surface area contributed by atoms with E-state index in [1.54, 1.807) is 73.7 Å². The van der Waals surface area contributed by atoms with E-state index >= 15 is 0 Å². The van der Waals surface area contributed by atoms with E-state index in [0.29, 0.717) is 35.8 Å². The predicted molar refractivity (Wildman–Crippen MR) is 165 cm³/mol. The van der Waals surface area contributed by atoms with E-state index in [9.17, 15) is 19.2 Å². The lowest BCUT2D eigenvalue weighted by atomic mass is 9.95. The van der Waals surface area contributed by atoms with E-state index in [4.69, 9.17) is 14.2 Å². The van der Waals surface area contributed by atoms with Gasteiger partial charge in [0.1, 0.15) is 5.75 Å². The van der Waals surface area contributed by atoms with Crippen LogP contribution in [0.25, 0.3) is 0 Å². The van der Waals surface area contributed by atoms with Crippen molar-refractivity contribution < 1.29 is 33.4 Å². The third-order valence-electron chi connectivity index (χ3n) is 6.82. The molecule has 3 N–H and O–H groups in total. The first-order valence-corrected chi connectivity index (χ1v) is 14.6. The van der Waals surface area contributed by atoms with Gasteiger partial charge in [-0.3, -0.25) is 14.4 Å². The summed E-state index contributed by atoms with van der Waals surface area (Å²) in [6, 6.07) is 17.9. The highest BCUT2D eigenvalue weighted by Crippen LogP contribution is 2.29. The molecule has 1 aliphatic rings. The van der Waals surface area contributed by atoms with Crippen molar-refractivity contribution >= 4 is 35.6 Å². The second kappa shape index (κ2) is 15.9. The van der Waals surface area contributed by atoms with Gasteiger partial charge in [-0.15, -0.1) is 0 Å². The van der Waals surface area contributed by atoms with Crippen molar-refractivity contribution in [1.29, 1.82) is 0 Å². The van der Waals surface area contributed by atoms with Crippen LogP contribution in [-0.4, -0.2) is 49.2 Å². The molecule has 1 saturated carbocycles. The Kier molecular flexibility index (Phi) is 11.5. The minimum absolute atomic E-state index is 0.0975. The van der Waals surface area contributed by atoms with Crippen molar-refractivity contribution in [3.63, 3.8) is 0 Å². The smallest absolute Gasteiger partial charge is 0.343 e. The van der Waals surface area contributed by atoms with Crippen LogP contribution < -0.4 is 30.3 Å². The molecule has 1 aliphatic carbocycles. The molecule has 0 aliphatic heterocycles. The summed E-state index contributed by atoms with van der Waals surface area (Å²) < 4.78 is 16.6. The van der Waals surface area contributed by atoms with Gasteiger partial charge in [-0.25, -0.2) is 10.2 Å². The average Bonchev–Trinajstić information content (AvgIpc) is 3.03. The molecule has 0 aromatic heterocycles. The normalized spacial score (nSPS) is 13.1. The van der Waals surface area contributed by atoms with Crippen LogP contribution in [0.1, 0.15) is 72.2 Å². The van der Waals surface area contributed by atoms with Gasteiger partial charge in [-0.1, -0.05) is 31.4 Å². The lowest BCUT2D eigenvalue weighted by Gasteiger charge is -2.23. The lowest BCUT2D eigenvalue weighted by molar-refractivity contribution is -0.136. The number of hydrogen-bond acceptors (Lipinski definition) is 8. The molecule has 230 valence electrons. The number of anilines is 1. The van der Waals surface area contributed by atoms with Gasteiger partial charge < -0.3 is 24.8 Å². The number of carbonyl (C=O) groups excluding carboxylic acids is 4. The van der Waals surface area contributed by atoms with Crippen LogP contribution in [0.2, 0.25) is 0 Å². The Hall–Kier alpha value is -5.19. The monoisotopic (exact) mass is 600 g/mol. The first-order chi connectivity index (χ1) is 21.4. The zero-order chi connectivity index (χ0) is 31.3. The number of carbonyl (C=O) groups is 4. The quantitative estimate of drug-likeness (QED) is 0.0938. The van der Waals surface area contributed by atoms with Crippen LogP contribution in [0.5, 0.6) is 17.2 Å². The fourth-order valence-electron chi connectivity index (χ4n) is 4.67. The molecule has 0 saturated heterocycles. The van der Waals surface area contributed by atoms with Crippen LogP contribution >= 0.6 is 0 Å². The minimum Gasteiger partial charge on any atom is -0.494 e. The first kappa shape index (κ1) is 31.7. The summed E-state index contributed by atoms with van der Waals surface area (Å²) in [5, 5.41) is 9.37. The molecule has 0 spiro atoms. The maximum Gasteiger partial charge on any atom is 0.343 e. The van der Waals surface area contributed by atoms with Crippen molar-refractivity contribution in [2.45, 2.75) is 52.0 Å². The van der Waals surface area contributed by atoms with E-state index < -0.39 is 17.8 Å². The summed E-state index contributed by atoms with van der Waals surface area (Å²) in [6.07, 6.45) is 6.46. The van der Waals surface area contributed by atoms with Crippen LogP contribution in [0.15, 0.2) is 71.8 Å². The second-order valence-electron chi connectivity index (χ2n) is 9.99. The van der Waals surface area contributed by atoms with E-state index in [-0.39, 0.29) is 28.9 Å². The molecule has 44 heavy (non-hydrogen) atoms. The molecule has 0 atom stereocenters. The first-order valence-electron chi connectivity index (χ1n) is 14.6. The van der Waals surface area contributed by atoms with Crippen LogP contribution in [0.4, 0.5) is 5.69 Å². The molecule has 11 heteroatoms. The van der Waals surface area contributed by atoms with E-state index in [1.165, 1.54) is 6.21 Å². The summed E-state index contributed by atoms with van der Waals surface area (Å²) in [5.74, 6) is -1.72. The van der Waals surface area contributed by atoms with Crippen molar-refractivity contribution in [2.24, 2.45) is 5.10 Å². The number of rotatable bonds is 11. The van der Waals surface area contributed by atoms with Gasteiger partial charge in [0.2, 0.25) is 0 Å². The van der Waals surface area contributed by atoms with Crippen molar-refractivity contribution in [3.8, 4) is 17.2 Å². The van der Waals surface area contributed by atoms with Gasteiger partial charge in [-0.05, 0) is 86.8 Å². The predicted octanol–water partition coefficient (Wildman–Crippen LogP) is 4.85. The second-order valence-corrected chi connectivity index (χ2v) is 9.99. The summed E-state index contributed by atoms with van der Waals surface area (Å²) >= 11 is 0. The molecule has 0 unspecified atom stereocenters. The van der Waals surface area contributed by atoms with Crippen LogP contribution in [-0.2, 0) is 9.59 Å². The summed E-state index contributed by atoms with van der Waals surface area (Å²) in [5.41, 5.74) is 3.53. The number of nitrogens with zero attached hydrogens (tertiary/aromatic N) is 1. The average molecular weight is 601 g/mol. The zero-order valence-corrected chi connectivity index (χ0v) is 24.8. The Morgan fingerprint density at radius 3 is 2.30 bits per heavy atom. The number of nitrogens with one attached hydrogen (secondary N) is 3. The van der Waals surface area contributed by atoms with Gasteiger partial charge in [0.25, 0.3) is 5.91 Å². The van der Waals surface area contributed by atoms with Gasteiger partial charge in [0.15, 0.2) is 11.5 Å². The molecule has 1 fully saturated rings. The molecule has 0 heterocycles. The molecule has 3 aromatic rings. The van der Waals surface area contributed by atoms with Crippen molar-refractivity contribution in [2.75, 3.05) is 18.5 Å². The fraction of sp³-hybridized carbons (Fsp3) is 0.303. The third-order valence-corrected chi connectivity index (χ3v) is 6.82. The summed E-state index contributed by atoms with van der Waals surface area (Å²) in [7, 11) is 0. The summed E-state index contributed by atoms with van der Waals surface area (Å²) in [6.45, 7) is 4.49. The Balaban J connectivity index is 1.34. The summed E-state index contributed by atoms with van der Waals surface area (Å²) in [4.78, 5) is 50.5. The highest BCUT2D eigenvalue weighted by Gasteiger charge is 2.21. The molecule has 0 bridgehead atoms. The number of para-hydroxylation sites is 1. The number of hydrogen-bond donors (Lipinski definition) is 3. The molecule has 0 radical (unpaired) electrons. The maximum absolute atomic E-state index is 12.8. The molecule has 3 amide bonds. The Morgan fingerprint density at radius 2 is 1.57 bits per heavy atom. The Labute approximate surface area is 256 Å². The molecule has 11 nitrogen and oxygen atoms in total.